The van der Waals surface area contributed by atoms with Crippen molar-refractivity contribution < 1.29 is 4.79 Å². The molecule has 0 unspecified atom stereocenters. The van der Waals surface area contributed by atoms with Gasteiger partial charge in [0.1, 0.15) is 0 Å². The maximum absolute atomic E-state index is 12.2. The van der Waals surface area contributed by atoms with E-state index in [0.29, 0.717) is 10.6 Å². The Morgan fingerprint density at radius 1 is 1.07 bits per heavy atom. The Morgan fingerprint density at radius 3 is 2.56 bits per heavy atom. The molecule has 0 saturated carbocycles. The van der Waals surface area contributed by atoms with Gasteiger partial charge in [0.15, 0.2) is 0 Å². The van der Waals surface area contributed by atoms with Gasteiger partial charge in [0.05, 0.1) is 6.21 Å². The van der Waals surface area contributed by atoms with Gasteiger partial charge in [-0.3, -0.25) is 4.79 Å². The van der Waals surface area contributed by atoms with Crippen molar-refractivity contribution in [1.82, 2.24) is 9.99 Å². The molecule has 3 rings (SSSR count). The molecule has 0 aliphatic rings. The lowest BCUT2D eigenvalue weighted by molar-refractivity contribution is 0.0955. The lowest BCUT2D eigenvalue weighted by Crippen LogP contribution is -2.17. The summed E-state index contributed by atoms with van der Waals surface area (Å²) in [5.74, 6) is -0.295. The van der Waals surface area contributed by atoms with Crippen LogP contribution in [0.5, 0.6) is 0 Å². The van der Waals surface area contributed by atoms with Gasteiger partial charge >= 0.3 is 0 Å². The van der Waals surface area contributed by atoms with Crippen molar-refractivity contribution >= 4 is 23.7 Å². The van der Waals surface area contributed by atoms with E-state index in [2.05, 4.69) is 60.1 Å². The number of nitrogens with one attached hydrogen (secondary N) is 1. The molecule has 138 valence electrons. The van der Waals surface area contributed by atoms with Crippen molar-refractivity contribution in [1.29, 1.82) is 0 Å². The first kappa shape index (κ1) is 18.9. The number of carbonyl (C=O) groups excluding carboxylic acids is 1. The van der Waals surface area contributed by atoms with Crippen LogP contribution in [0.15, 0.2) is 53.6 Å². The number of amides is 1. The fraction of sp³-hybridized carbons (Fsp3) is 0.182. The molecule has 0 bridgehead atoms. The third-order valence-corrected chi connectivity index (χ3v) is 4.76. The lowest BCUT2D eigenvalue weighted by Gasteiger charge is -2.13. The molecule has 1 heterocycles. The molecule has 4 nitrogen and oxygen atoms in total. The molecular formula is C22H22ClN3O. The summed E-state index contributed by atoms with van der Waals surface area (Å²) in [7, 11) is 0. The average Bonchev–Trinajstić information content (AvgIpc) is 2.89. The highest BCUT2D eigenvalue weighted by atomic mass is 35.5. The number of hydrazone groups is 1. The molecule has 0 radical (unpaired) electrons. The summed E-state index contributed by atoms with van der Waals surface area (Å²) in [5.41, 5.74) is 9.77. The van der Waals surface area contributed by atoms with Crippen LogP contribution in [0.3, 0.4) is 0 Å². The Bertz CT molecular complexity index is 1030. The van der Waals surface area contributed by atoms with Crippen molar-refractivity contribution in [2.45, 2.75) is 27.7 Å². The highest BCUT2D eigenvalue weighted by Crippen LogP contribution is 2.23. The van der Waals surface area contributed by atoms with Crippen LogP contribution in [-0.4, -0.2) is 16.7 Å². The van der Waals surface area contributed by atoms with E-state index < -0.39 is 0 Å². The van der Waals surface area contributed by atoms with Gasteiger partial charge in [0.25, 0.3) is 5.91 Å². The molecule has 1 aromatic heterocycles. The summed E-state index contributed by atoms with van der Waals surface area (Å²) in [6, 6.07) is 15.2. The first-order chi connectivity index (χ1) is 12.9. The SMILES string of the molecule is Cc1ccc(-n2c(C)cc(C=NNC(=O)c3cccc(Cl)c3)c2C)c(C)c1. The van der Waals surface area contributed by atoms with Crippen LogP contribution in [0.25, 0.3) is 5.69 Å². The van der Waals surface area contributed by atoms with E-state index in [-0.39, 0.29) is 5.91 Å². The normalized spacial score (nSPS) is 11.1. The van der Waals surface area contributed by atoms with Gasteiger partial charge in [0, 0.05) is 33.2 Å². The number of halogens is 1. The standard InChI is InChI=1S/C22H22ClN3O/c1-14-8-9-21(15(2)10-14)26-16(3)11-19(17(26)4)13-24-25-22(27)18-6-5-7-20(23)12-18/h5-13H,1-4H3,(H,25,27). The highest BCUT2D eigenvalue weighted by molar-refractivity contribution is 6.30. The molecule has 1 N–H and O–H groups in total. The second-order valence-corrected chi connectivity index (χ2v) is 7.10. The van der Waals surface area contributed by atoms with E-state index in [4.69, 9.17) is 11.6 Å². The number of hydrogen-bond acceptors (Lipinski definition) is 2. The van der Waals surface area contributed by atoms with Gasteiger partial charge in [-0.2, -0.15) is 5.10 Å². The number of benzene rings is 2. The highest BCUT2D eigenvalue weighted by Gasteiger charge is 2.11. The minimum Gasteiger partial charge on any atom is -0.318 e. The minimum absolute atomic E-state index is 0.295. The molecule has 0 saturated heterocycles. The van der Waals surface area contributed by atoms with Crippen LogP contribution in [0.4, 0.5) is 0 Å². The van der Waals surface area contributed by atoms with Gasteiger partial charge in [-0.05, 0) is 63.6 Å². The number of rotatable bonds is 4. The Morgan fingerprint density at radius 2 is 1.85 bits per heavy atom. The summed E-state index contributed by atoms with van der Waals surface area (Å²) in [6.07, 6.45) is 1.67. The number of carbonyl (C=O) groups is 1. The fourth-order valence-electron chi connectivity index (χ4n) is 3.20. The van der Waals surface area contributed by atoms with E-state index in [0.717, 1.165) is 22.6 Å². The summed E-state index contributed by atoms with van der Waals surface area (Å²) in [6.45, 7) is 8.31. The minimum atomic E-state index is -0.295. The largest absolute Gasteiger partial charge is 0.318 e. The fourth-order valence-corrected chi connectivity index (χ4v) is 3.39. The molecule has 1 amide bonds. The molecule has 27 heavy (non-hydrogen) atoms. The lowest BCUT2D eigenvalue weighted by atomic mass is 10.1. The van der Waals surface area contributed by atoms with E-state index in [9.17, 15) is 4.79 Å². The zero-order valence-electron chi connectivity index (χ0n) is 15.9. The van der Waals surface area contributed by atoms with E-state index in [1.807, 2.05) is 6.92 Å². The summed E-state index contributed by atoms with van der Waals surface area (Å²) in [5, 5.41) is 4.63. The Balaban J connectivity index is 1.82. The Kier molecular flexibility index (Phi) is 5.47. The van der Waals surface area contributed by atoms with Crippen LogP contribution < -0.4 is 5.43 Å². The molecule has 2 aromatic carbocycles. The quantitative estimate of drug-likeness (QED) is 0.495. The Labute approximate surface area is 164 Å². The predicted molar refractivity (Wildman–Crippen MR) is 111 cm³/mol. The smallest absolute Gasteiger partial charge is 0.271 e. The third kappa shape index (κ3) is 4.12. The third-order valence-electron chi connectivity index (χ3n) is 4.52. The monoisotopic (exact) mass is 379 g/mol. The van der Waals surface area contributed by atoms with Crippen LogP contribution in [0, 0.1) is 27.7 Å². The molecule has 5 heteroatoms. The number of aromatic nitrogens is 1. The van der Waals surface area contributed by atoms with Gasteiger partial charge < -0.3 is 4.57 Å². The van der Waals surface area contributed by atoms with Crippen molar-refractivity contribution in [3.05, 3.63) is 87.2 Å². The number of nitrogens with zero attached hydrogens (tertiary/aromatic N) is 2. The second kappa shape index (κ2) is 7.80. The maximum atomic E-state index is 12.2. The summed E-state index contributed by atoms with van der Waals surface area (Å²) >= 11 is 5.92. The Hall–Kier alpha value is -2.85. The maximum Gasteiger partial charge on any atom is 0.271 e. The second-order valence-electron chi connectivity index (χ2n) is 6.66. The molecule has 0 aliphatic carbocycles. The molecule has 0 fully saturated rings. The molecular weight excluding hydrogens is 358 g/mol. The molecule has 0 aliphatic heterocycles. The van der Waals surface area contributed by atoms with Crippen LogP contribution in [0.1, 0.15) is 38.4 Å². The van der Waals surface area contributed by atoms with Gasteiger partial charge in [-0.15, -0.1) is 0 Å². The molecule has 0 spiro atoms. The number of hydrogen-bond donors (Lipinski definition) is 1. The first-order valence-electron chi connectivity index (χ1n) is 8.72. The molecule has 3 aromatic rings. The summed E-state index contributed by atoms with van der Waals surface area (Å²) in [4.78, 5) is 12.2. The number of aryl methyl sites for hydroxylation is 3. The topological polar surface area (TPSA) is 46.4 Å². The van der Waals surface area contributed by atoms with Crippen LogP contribution in [-0.2, 0) is 0 Å². The van der Waals surface area contributed by atoms with Crippen LogP contribution >= 0.6 is 11.6 Å². The van der Waals surface area contributed by atoms with Gasteiger partial charge in [-0.25, -0.2) is 5.43 Å². The average molecular weight is 380 g/mol. The van der Waals surface area contributed by atoms with Gasteiger partial charge in [0.2, 0.25) is 0 Å². The van der Waals surface area contributed by atoms with Crippen LogP contribution in [0.2, 0.25) is 5.02 Å². The summed E-state index contributed by atoms with van der Waals surface area (Å²) < 4.78 is 2.20. The molecule has 0 atom stereocenters. The zero-order chi connectivity index (χ0) is 19.6. The van der Waals surface area contributed by atoms with E-state index >= 15 is 0 Å². The van der Waals surface area contributed by atoms with E-state index in [1.165, 1.54) is 11.1 Å². The van der Waals surface area contributed by atoms with Crippen molar-refractivity contribution in [3.63, 3.8) is 0 Å². The van der Waals surface area contributed by atoms with Crippen molar-refractivity contribution in [2.75, 3.05) is 0 Å². The first-order valence-corrected chi connectivity index (χ1v) is 9.10. The van der Waals surface area contributed by atoms with Crippen molar-refractivity contribution in [2.24, 2.45) is 5.10 Å². The predicted octanol–water partition coefficient (Wildman–Crippen LogP) is 5.13. The van der Waals surface area contributed by atoms with Gasteiger partial charge in [-0.1, -0.05) is 35.4 Å². The zero-order valence-corrected chi connectivity index (χ0v) is 16.6. The van der Waals surface area contributed by atoms with E-state index in [1.54, 1.807) is 30.5 Å². The van der Waals surface area contributed by atoms with Crippen molar-refractivity contribution in [3.8, 4) is 5.69 Å².